The summed E-state index contributed by atoms with van der Waals surface area (Å²) in [4.78, 5) is 13.8. The van der Waals surface area contributed by atoms with Crippen LogP contribution in [0.25, 0.3) is 22.8 Å². The maximum atomic E-state index is 11.9. The van der Waals surface area contributed by atoms with Crippen molar-refractivity contribution in [1.29, 1.82) is 0 Å². The standard InChI is InChI=1S/C21H16OS/c1-2-20(22)21-12-11-14(23-21)13-19-17-9-5-3-7-15(17)16-8-4-6-10-18(16)19/h3-13H,2H2,1H3. The van der Waals surface area contributed by atoms with Gasteiger partial charge in [-0.25, -0.2) is 0 Å². The predicted molar refractivity (Wildman–Crippen MR) is 97.8 cm³/mol. The Bertz CT molecular complexity index is 883. The molecule has 1 nitrogen and oxygen atoms in total. The largest absolute Gasteiger partial charge is 0.293 e. The number of Topliss-reactive ketones (excluding diaryl/α,β-unsaturated/α-hetero) is 1. The molecule has 0 saturated heterocycles. The zero-order valence-electron chi connectivity index (χ0n) is 12.9. The average Bonchev–Trinajstić information content (AvgIpc) is 3.19. The van der Waals surface area contributed by atoms with Crippen molar-refractivity contribution in [2.75, 3.05) is 0 Å². The normalized spacial score (nSPS) is 12.0. The third kappa shape index (κ3) is 2.36. The summed E-state index contributed by atoms with van der Waals surface area (Å²) in [5.41, 5.74) is 6.36. The maximum absolute atomic E-state index is 11.9. The molecule has 4 rings (SSSR count). The second-order valence-corrected chi connectivity index (χ2v) is 6.74. The van der Waals surface area contributed by atoms with E-state index in [1.807, 2.05) is 19.1 Å². The molecule has 0 fully saturated rings. The number of rotatable bonds is 3. The number of fused-ring (bicyclic) bond motifs is 3. The number of ketones is 1. The van der Waals surface area contributed by atoms with Gasteiger partial charge in [0.1, 0.15) is 0 Å². The van der Waals surface area contributed by atoms with Crippen molar-refractivity contribution in [3.63, 3.8) is 0 Å². The van der Waals surface area contributed by atoms with Gasteiger partial charge >= 0.3 is 0 Å². The summed E-state index contributed by atoms with van der Waals surface area (Å²) in [6, 6.07) is 21.0. The van der Waals surface area contributed by atoms with Crippen LogP contribution in [0.4, 0.5) is 0 Å². The van der Waals surface area contributed by atoms with Crippen molar-refractivity contribution >= 4 is 28.8 Å². The summed E-state index contributed by atoms with van der Waals surface area (Å²) in [5.74, 6) is 0.215. The van der Waals surface area contributed by atoms with Crippen molar-refractivity contribution in [3.8, 4) is 11.1 Å². The summed E-state index contributed by atoms with van der Waals surface area (Å²) >= 11 is 1.58. The highest BCUT2D eigenvalue weighted by molar-refractivity contribution is 7.15. The molecule has 0 unspecified atom stereocenters. The van der Waals surface area contributed by atoms with Gasteiger partial charge in [-0.1, -0.05) is 55.5 Å². The quantitative estimate of drug-likeness (QED) is 0.429. The average molecular weight is 316 g/mol. The van der Waals surface area contributed by atoms with Crippen LogP contribution in [0, 0.1) is 0 Å². The van der Waals surface area contributed by atoms with E-state index in [1.165, 1.54) is 27.8 Å². The highest BCUT2D eigenvalue weighted by Gasteiger charge is 2.22. The number of benzene rings is 2. The van der Waals surface area contributed by atoms with Crippen molar-refractivity contribution < 1.29 is 4.79 Å². The van der Waals surface area contributed by atoms with E-state index in [1.54, 1.807) is 11.3 Å². The summed E-state index contributed by atoms with van der Waals surface area (Å²) in [5, 5.41) is 0. The minimum atomic E-state index is 0.215. The van der Waals surface area contributed by atoms with Crippen LogP contribution in [0.5, 0.6) is 0 Å². The molecule has 0 saturated carbocycles. The molecule has 0 spiro atoms. The summed E-state index contributed by atoms with van der Waals surface area (Å²) in [6.45, 7) is 1.91. The lowest BCUT2D eigenvalue weighted by Crippen LogP contribution is -1.90. The number of carbonyl (C=O) groups is 1. The third-order valence-corrected chi connectivity index (χ3v) is 5.31. The molecular formula is C21H16OS. The molecule has 0 amide bonds. The van der Waals surface area contributed by atoms with E-state index in [0.29, 0.717) is 6.42 Å². The molecule has 2 heteroatoms. The van der Waals surface area contributed by atoms with Crippen LogP contribution in [0.15, 0.2) is 60.7 Å². The van der Waals surface area contributed by atoms with Gasteiger partial charge in [-0.05, 0) is 46.0 Å². The van der Waals surface area contributed by atoms with E-state index in [4.69, 9.17) is 0 Å². The minimum Gasteiger partial charge on any atom is -0.293 e. The van der Waals surface area contributed by atoms with Gasteiger partial charge < -0.3 is 0 Å². The number of carbonyl (C=O) groups excluding carboxylic acids is 1. The molecule has 1 aromatic heterocycles. The first kappa shape index (κ1) is 14.2. The van der Waals surface area contributed by atoms with Crippen molar-refractivity contribution in [2.24, 2.45) is 0 Å². The summed E-state index contributed by atoms with van der Waals surface area (Å²) < 4.78 is 0. The Kier molecular flexibility index (Phi) is 3.47. The second-order valence-electron chi connectivity index (χ2n) is 5.63. The van der Waals surface area contributed by atoms with Gasteiger partial charge in [0.2, 0.25) is 0 Å². The first-order valence-electron chi connectivity index (χ1n) is 7.82. The van der Waals surface area contributed by atoms with Crippen molar-refractivity contribution in [3.05, 3.63) is 81.5 Å². The lowest BCUT2D eigenvalue weighted by atomic mass is 10.0. The Morgan fingerprint density at radius 3 is 2.00 bits per heavy atom. The van der Waals surface area contributed by atoms with Crippen LogP contribution in [0.2, 0.25) is 0 Å². The molecule has 1 aliphatic rings. The fraction of sp³-hybridized carbons (Fsp3) is 0.0952. The Morgan fingerprint density at radius 2 is 1.43 bits per heavy atom. The molecule has 1 aliphatic carbocycles. The molecule has 0 aliphatic heterocycles. The summed E-state index contributed by atoms with van der Waals surface area (Å²) in [6.07, 6.45) is 2.77. The monoisotopic (exact) mass is 316 g/mol. The molecular weight excluding hydrogens is 300 g/mol. The fourth-order valence-electron chi connectivity index (χ4n) is 3.10. The highest BCUT2D eigenvalue weighted by Crippen LogP contribution is 2.45. The Morgan fingerprint density at radius 1 is 0.870 bits per heavy atom. The van der Waals surface area contributed by atoms with Gasteiger partial charge in [0.25, 0.3) is 0 Å². The SMILES string of the molecule is CCC(=O)c1ccc(C=C2c3ccccc3-c3ccccc32)s1. The van der Waals surface area contributed by atoms with E-state index >= 15 is 0 Å². The van der Waals surface area contributed by atoms with Crippen LogP contribution in [-0.4, -0.2) is 5.78 Å². The number of thiophene rings is 1. The lowest BCUT2D eigenvalue weighted by molar-refractivity contribution is 0.0992. The maximum Gasteiger partial charge on any atom is 0.172 e. The molecule has 1 heterocycles. The van der Waals surface area contributed by atoms with Crippen molar-refractivity contribution in [1.82, 2.24) is 0 Å². The van der Waals surface area contributed by atoms with Gasteiger partial charge in [0.05, 0.1) is 4.88 Å². The second kappa shape index (κ2) is 5.64. The third-order valence-electron chi connectivity index (χ3n) is 4.23. The van der Waals surface area contributed by atoms with Gasteiger partial charge in [-0.2, -0.15) is 0 Å². The molecule has 23 heavy (non-hydrogen) atoms. The van der Waals surface area contributed by atoms with Crippen molar-refractivity contribution in [2.45, 2.75) is 13.3 Å². The van der Waals surface area contributed by atoms with E-state index < -0.39 is 0 Å². The minimum absolute atomic E-state index is 0.215. The zero-order chi connectivity index (χ0) is 15.8. The molecule has 0 bridgehead atoms. The van der Waals surface area contributed by atoms with E-state index in [-0.39, 0.29) is 5.78 Å². The van der Waals surface area contributed by atoms with Crippen LogP contribution < -0.4 is 0 Å². The van der Waals surface area contributed by atoms with E-state index in [2.05, 4.69) is 54.6 Å². The molecule has 0 radical (unpaired) electrons. The Balaban J connectivity index is 1.85. The number of hydrogen-bond donors (Lipinski definition) is 0. The summed E-state index contributed by atoms with van der Waals surface area (Å²) in [7, 11) is 0. The molecule has 112 valence electrons. The molecule has 3 aromatic rings. The number of hydrogen-bond acceptors (Lipinski definition) is 2. The van der Waals surface area contributed by atoms with Gasteiger partial charge in [-0.3, -0.25) is 4.79 Å². The molecule has 0 N–H and O–H groups in total. The predicted octanol–water partition coefficient (Wildman–Crippen LogP) is 5.91. The van der Waals surface area contributed by atoms with Crippen LogP contribution in [-0.2, 0) is 0 Å². The Labute approximate surface area is 139 Å². The van der Waals surface area contributed by atoms with Gasteiger partial charge in [-0.15, -0.1) is 11.3 Å². The van der Waals surface area contributed by atoms with Gasteiger partial charge in [0, 0.05) is 11.3 Å². The zero-order valence-corrected chi connectivity index (χ0v) is 13.7. The van der Waals surface area contributed by atoms with E-state index in [0.717, 1.165) is 9.75 Å². The molecule has 2 aromatic carbocycles. The van der Waals surface area contributed by atoms with Crippen LogP contribution in [0.1, 0.15) is 39.0 Å². The Hall–Kier alpha value is -2.45. The fourth-order valence-corrected chi connectivity index (χ4v) is 4.06. The smallest absolute Gasteiger partial charge is 0.172 e. The van der Waals surface area contributed by atoms with E-state index in [9.17, 15) is 4.79 Å². The van der Waals surface area contributed by atoms with Crippen LogP contribution in [0.3, 0.4) is 0 Å². The first-order chi connectivity index (χ1) is 11.3. The highest BCUT2D eigenvalue weighted by atomic mass is 32.1. The van der Waals surface area contributed by atoms with Crippen LogP contribution >= 0.6 is 11.3 Å². The topological polar surface area (TPSA) is 17.1 Å². The first-order valence-corrected chi connectivity index (χ1v) is 8.63. The lowest BCUT2D eigenvalue weighted by Gasteiger charge is -2.01. The van der Waals surface area contributed by atoms with Gasteiger partial charge in [0.15, 0.2) is 5.78 Å². The molecule has 0 atom stereocenters.